The van der Waals surface area contributed by atoms with Crippen LogP contribution in [-0.2, 0) is 0 Å². The Kier molecular flexibility index (Phi) is 4.82. The summed E-state index contributed by atoms with van der Waals surface area (Å²) in [7, 11) is 0. The Morgan fingerprint density at radius 2 is 2.00 bits per heavy atom. The van der Waals surface area contributed by atoms with Crippen LogP contribution in [0.25, 0.3) is 0 Å². The number of aryl methyl sites for hydroxylation is 1. The Bertz CT molecular complexity index is 387. The fourth-order valence-corrected chi connectivity index (χ4v) is 1.58. The Morgan fingerprint density at radius 3 is 2.53 bits per heavy atom. The summed E-state index contributed by atoms with van der Waals surface area (Å²) >= 11 is 0. The van der Waals surface area contributed by atoms with E-state index in [9.17, 15) is 9.90 Å². The van der Waals surface area contributed by atoms with E-state index in [0.717, 1.165) is 18.4 Å². The van der Waals surface area contributed by atoms with Crippen LogP contribution in [-0.4, -0.2) is 17.2 Å². The summed E-state index contributed by atoms with van der Waals surface area (Å²) in [5.41, 5.74) is 1.38. The molecule has 17 heavy (non-hydrogen) atoms. The Balaban J connectivity index is 2.62. The van der Waals surface area contributed by atoms with Gasteiger partial charge in [0.15, 0.2) is 0 Å². The zero-order chi connectivity index (χ0) is 12.8. The van der Waals surface area contributed by atoms with Gasteiger partial charge in [-0.2, -0.15) is 0 Å². The molecule has 3 N–H and O–H groups in total. The van der Waals surface area contributed by atoms with Crippen molar-refractivity contribution in [1.29, 1.82) is 0 Å². The number of carbonyl (C=O) groups is 1. The number of carbonyl (C=O) groups excluding carboxylic acids is 1. The minimum atomic E-state index is -0.280. The quantitative estimate of drug-likeness (QED) is 0.704. The molecule has 0 radical (unpaired) electrons. The van der Waals surface area contributed by atoms with Gasteiger partial charge < -0.3 is 15.7 Å². The normalized spacial score (nSPS) is 10.4. The van der Waals surface area contributed by atoms with Crippen LogP contribution >= 0.6 is 0 Å². The van der Waals surface area contributed by atoms with E-state index in [1.807, 2.05) is 26.8 Å². The molecule has 0 heterocycles. The third kappa shape index (κ3) is 3.98. The van der Waals surface area contributed by atoms with Crippen molar-refractivity contribution in [3.8, 4) is 5.75 Å². The minimum Gasteiger partial charge on any atom is -0.506 e. The molecule has 1 aromatic rings. The summed E-state index contributed by atoms with van der Waals surface area (Å²) in [5, 5.41) is 15.1. The molecule has 1 aromatic carbocycles. The van der Waals surface area contributed by atoms with Crippen LogP contribution in [0.4, 0.5) is 10.5 Å². The number of amides is 2. The number of hydrogen-bond acceptors (Lipinski definition) is 2. The first-order chi connectivity index (χ1) is 8.06. The highest BCUT2D eigenvalue weighted by Crippen LogP contribution is 2.23. The summed E-state index contributed by atoms with van der Waals surface area (Å²) in [6.07, 6.45) is 1.79. The number of phenols is 1. The predicted octanol–water partition coefficient (Wildman–Crippen LogP) is 3.01. The average Bonchev–Trinajstić information content (AvgIpc) is 2.29. The average molecular weight is 236 g/mol. The van der Waals surface area contributed by atoms with Crippen molar-refractivity contribution >= 4 is 11.7 Å². The van der Waals surface area contributed by atoms with Gasteiger partial charge >= 0.3 is 6.03 Å². The van der Waals surface area contributed by atoms with Crippen molar-refractivity contribution in [2.75, 3.05) is 5.32 Å². The van der Waals surface area contributed by atoms with Crippen LogP contribution in [0.2, 0.25) is 0 Å². The lowest BCUT2D eigenvalue weighted by molar-refractivity contribution is 0.247. The fourth-order valence-electron chi connectivity index (χ4n) is 1.58. The van der Waals surface area contributed by atoms with Crippen LogP contribution in [0.15, 0.2) is 18.2 Å². The summed E-state index contributed by atoms with van der Waals surface area (Å²) in [6, 6.07) is 5.04. The second-order valence-corrected chi connectivity index (χ2v) is 4.13. The lowest BCUT2D eigenvalue weighted by Gasteiger charge is -2.15. The number of anilines is 1. The first-order valence-corrected chi connectivity index (χ1v) is 5.94. The SMILES string of the molecule is CCC(CC)NC(=O)Nc1ccc(C)cc1O. The van der Waals surface area contributed by atoms with E-state index in [4.69, 9.17) is 0 Å². The van der Waals surface area contributed by atoms with Crippen molar-refractivity contribution in [3.05, 3.63) is 23.8 Å². The molecule has 2 amide bonds. The lowest BCUT2D eigenvalue weighted by atomic mass is 10.2. The second-order valence-electron chi connectivity index (χ2n) is 4.13. The van der Waals surface area contributed by atoms with Crippen LogP contribution < -0.4 is 10.6 Å². The highest BCUT2D eigenvalue weighted by Gasteiger charge is 2.09. The molecule has 0 unspecified atom stereocenters. The Labute approximate surface area is 102 Å². The molecule has 0 saturated carbocycles. The molecule has 0 fully saturated rings. The minimum absolute atomic E-state index is 0.0877. The van der Waals surface area contributed by atoms with Gasteiger partial charge in [0.1, 0.15) is 5.75 Å². The molecule has 0 aliphatic heterocycles. The fraction of sp³-hybridized carbons (Fsp3) is 0.462. The van der Waals surface area contributed by atoms with Crippen molar-refractivity contribution in [3.63, 3.8) is 0 Å². The van der Waals surface area contributed by atoms with Crippen molar-refractivity contribution in [2.24, 2.45) is 0 Å². The molecule has 0 saturated heterocycles. The Morgan fingerprint density at radius 1 is 1.35 bits per heavy atom. The topological polar surface area (TPSA) is 61.4 Å². The van der Waals surface area contributed by atoms with E-state index >= 15 is 0 Å². The second kappa shape index (κ2) is 6.13. The number of benzene rings is 1. The molecule has 0 spiro atoms. The molecular formula is C13H20N2O2. The van der Waals surface area contributed by atoms with Crippen molar-refractivity contribution in [2.45, 2.75) is 39.7 Å². The van der Waals surface area contributed by atoms with E-state index in [1.165, 1.54) is 0 Å². The van der Waals surface area contributed by atoms with Gasteiger partial charge in [0.05, 0.1) is 5.69 Å². The first kappa shape index (κ1) is 13.4. The highest BCUT2D eigenvalue weighted by atomic mass is 16.3. The molecule has 4 heteroatoms. The molecule has 0 aliphatic rings. The summed E-state index contributed by atoms with van der Waals surface area (Å²) in [5.74, 6) is 0.0877. The van der Waals surface area contributed by atoms with Gasteiger partial charge in [0.2, 0.25) is 0 Å². The highest BCUT2D eigenvalue weighted by molar-refractivity contribution is 5.91. The monoisotopic (exact) mass is 236 g/mol. The van der Waals surface area contributed by atoms with E-state index in [-0.39, 0.29) is 17.8 Å². The van der Waals surface area contributed by atoms with E-state index in [1.54, 1.807) is 12.1 Å². The summed E-state index contributed by atoms with van der Waals surface area (Å²) in [6.45, 7) is 5.93. The third-order valence-corrected chi connectivity index (χ3v) is 2.72. The maximum absolute atomic E-state index is 11.6. The smallest absolute Gasteiger partial charge is 0.319 e. The van der Waals surface area contributed by atoms with Gasteiger partial charge in [-0.3, -0.25) is 0 Å². The largest absolute Gasteiger partial charge is 0.506 e. The van der Waals surface area contributed by atoms with E-state index in [2.05, 4.69) is 10.6 Å². The third-order valence-electron chi connectivity index (χ3n) is 2.72. The van der Waals surface area contributed by atoms with Gasteiger partial charge in [0, 0.05) is 6.04 Å². The zero-order valence-electron chi connectivity index (χ0n) is 10.6. The van der Waals surface area contributed by atoms with Gasteiger partial charge in [-0.15, -0.1) is 0 Å². The predicted molar refractivity (Wildman–Crippen MR) is 69.4 cm³/mol. The van der Waals surface area contributed by atoms with Crippen LogP contribution in [0.5, 0.6) is 5.75 Å². The van der Waals surface area contributed by atoms with Crippen LogP contribution in [0, 0.1) is 6.92 Å². The molecule has 0 aliphatic carbocycles. The standard InChI is InChI=1S/C13H20N2O2/c1-4-10(5-2)14-13(17)15-11-7-6-9(3)8-12(11)16/h6-8,10,16H,4-5H2,1-3H3,(H2,14,15,17). The van der Waals surface area contributed by atoms with Gasteiger partial charge in [-0.05, 0) is 37.5 Å². The summed E-state index contributed by atoms with van der Waals surface area (Å²) in [4.78, 5) is 11.6. The Hall–Kier alpha value is -1.71. The number of aromatic hydroxyl groups is 1. The molecule has 4 nitrogen and oxygen atoms in total. The molecule has 0 bridgehead atoms. The van der Waals surface area contributed by atoms with Crippen molar-refractivity contribution in [1.82, 2.24) is 5.32 Å². The molecule has 94 valence electrons. The first-order valence-electron chi connectivity index (χ1n) is 5.94. The summed E-state index contributed by atoms with van der Waals surface area (Å²) < 4.78 is 0. The number of rotatable bonds is 4. The number of hydrogen-bond donors (Lipinski definition) is 3. The van der Waals surface area contributed by atoms with Crippen LogP contribution in [0.1, 0.15) is 32.3 Å². The number of phenolic OH excluding ortho intramolecular Hbond substituents is 1. The maximum atomic E-state index is 11.6. The lowest BCUT2D eigenvalue weighted by Crippen LogP contribution is -2.37. The molecule has 1 rings (SSSR count). The molecule has 0 aromatic heterocycles. The van der Waals surface area contributed by atoms with Crippen molar-refractivity contribution < 1.29 is 9.90 Å². The molecular weight excluding hydrogens is 216 g/mol. The van der Waals surface area contributed by atoms with Gasteiger partial charge in [-0.25, -0.2) is 4.79 Å². The molecule has 0 atom stereocenters. The number of nitrogens with one attached hydrogen (secondary N) is 2. The van der Waals surface area contributed by atoms with Gasteiger partial charge in [0.25, 0.3) is 0 Å². The zero-order valence-corrected chi connectivity index (χ0v) is 10.6. The number of urea groups is 1. The maximum Gasteiger partial charge on any atom is 0.319 e. The van der Waals surface area contributed by atoms with Crippen LogP contribution in [0.3, 0.4) is 0 Å². The van der Waals surface area contributed by atoms with E-state index in [0.29, 0.717) is 5.69 Å². The van der Waals surface area contributed by atoms with E-state index < -0.39 is 0 Å². The van der Waals surface area contributed by atoms with Gasteiger partial charge in [-0.1, -0.05) is 19.9 Å².